The topological polar surface area (TPSA) is 86.2 Å². The zero-order valence-electron chi connectivity index (χ0n) is 8.04. The number of thioether (sulfide) groups is 1. The van der Waals surface area contributed by atoms with E-state index >= 15 is 0 Å². The van der Waals surface area contributed by atoms with E-state index in [-0.39, 0.29) is 5.69 Å². The zero-order valence-corrected chi connectivity index (χ0v) is 8.86. The molecule has 0 radical (unpaired) electrons. The Morgan fingerprint density at radius 2 is 2.13 bits per heavy atom. The molecule has 2 N–H and O–H groups in total. The molecule has 1 unspecified atom stereocenters. The van der Waals surface area contributed by atoms with Crippen LogP contribution in [0.4, 0.5) is 5.69 Å². The van der Waals surface area contributed by atoms with Crippen LogP contribution in [0, 0.1) is 10.1 Å². The van der Waals surface area contributed by atoms with Gasteiger partial charge in [-0.2, -0.15) is 0 Å². The number of nitrogens with zero attached hydrogens (tertiary/aromatic N) is 1. The summed E-state index contributed by atoms with van der Waals surface area (Å²) in [5, 5.41) is 10.2. The molecule has 0 heterocycles. The van der Waals surface area contributed by atoms with Crippen LogP contribution in [0.25, 0.3) is 0 Å². The Morgan fingerprint density at radius 3 is 2.67 bits per heavy atom. The fourth-order valence-electron chi connectivity index (χ4n) is 0.956. The third kappa shape index (κ3) is 2.95. The predicted octanol–water partition coefficient (Wildman–Crippen LogP) is 1.56. The zero-order chi connectivity index (χ0) is 11.4. The van der Waals surface area contributed by atoms with Crippen molar-refractivity contribution in [2.75, 3.05) is 0 Å². The van der Waals surface area contributed by atoms with Crippen LogP contribution in [-0.2, 0) is 4.79 Å². The lowest BCUT2D eigenvalue weighted by Gasteiger charge is -2.06. The summed E-state index contributed by atoms with van der Waals surface area (Å²) in [6, 6.07) is 6.26. The molecular weight excluding hydrogens is 216 g/mol. The molecule has 5 nitrogen and oxygen atoms in total. The number of para-hydroxylation sites is 1. The van der Waals surface area contributed by atoms with Crippen LogP contribution in [0.15, 0.2) is 29.2 Å². The summed E-state index contributed by atoms with van der Waals surface area (Å²) in [5.41, 5.74) is 5.08. The lowest BCUT2D eigenvalue weighted by molar-refractivity contribution is -0.387. The number of nitro groups is 1. The average Bonchev–Trinajstić information content (AvgIpc) is 2.18. The Bertz CT molecular complexity index is 395. The van der Waals surface area contributed by atoms with Crippen molar-refractivity contribution in [3.8, 4) is 0 Å². The van der Waals surface area contributed by atoms with E-state index in [1.165, 1.54) is 6.07 Å². The smallest absolute Gasteiger partial charge is 0.282 e. The fourth-order valence-corrected chi connectivity index (χ4v) is 1.87. The number of primary amides is 1. The summed E-state index contributed by atoms with van der Waals surface area (Å²) in [6.45, 7) is 1.61. The molecule has 80 valence electrons. The van der Waals surface area contributed by atoms with E-state index in [2.05, 4.69) is 0 Å². The molecular formula is C9H10N2O3S. The van der Waals surface area contributed by atoms with E-state index in [1.807, 2.05) is 0 Å². The number of rotatable bonds is 4. The highest BCUT2D eigenvalue weighted by molar-refractivity contribution is 8.00. The minimum Gasteiger partial charge on any atom is -0.369 e. The normalized spacial score (nSPS) is 12.1. The molecule has 0 spiro atoms. The van der Waals surface area contributed by atoms with Crippen molar-refractivity contribution >= 4 is 23.4 Å². The molecule has 0 aliphatic rings. The van der Waals surface area contributed by atoms with Crippen LogP contribution >= 0.6 is 11.8 Å². The van der Waals surface area contributed by atoms with Crippen molar-refractivity contribution in [2.24, 2.45) is 5.73 Å². The highest BCUT2D eigenvalue weighted by Gasteiger charge is 2.18. The second kappa shape index (κ2) is 4.79. The van der Waals surface area contributed by atoms with Crippen molar-refractivity contribution < 1.29 is 9.72 Å². The lowest BCUT2D eigenvalue weighted by Crippen LogP contribution is -2.22. The van der Waals surface area contributed by atoms with Gasteiger partial charge in [0.2, 0.25) is 5.91 Å². The van der Waals surface area contributed by atoms with Crippen molar-refractivity contribution in [1.82, 2.24) is 0 Å². The molecule has 0 bridgehead atoms. The Balaban J connectivity index is 2.94. The number of carbonyl (C=O) groups excluding carboxylic acids is 1. The Kier molecular flexibility index (Phi) is 3.68. The van der Waals surface area contributed by atoms with Crippen molar-refractivity contribution in [3.05, 3.63) is 34.4 Å². The number of hydrogen-bond acceptors (Lipinski definition) is 4. The number of carbonyl (C=O) groups is 1. The quantitative estimate of drug-likeness (QED) is 0.479. The van der Waals surface area contributed by atoms with Gasteiger partial charge in [-0.1, -0.05) is 12.1 Å². The van der Waals surface area contributed by atoms with Gasteiger partial charge in [0.15, 0.2) is 0 Å². The van der Waals surface area contributed by atoms with Gasteiger partial charge in [0.25, 0.3) is 5.69 Å². The molecule has 0 saturated heterocycles. The minimum absolute atomic E-state index is 0.00407. The molecule has 0 aliphatic heterocycles. The summed E-state index contributed by atoms with van der Waals surface area (Å²) in [5.74, 6) is -0.488. The van der Waals surface area contributed by atoms with Crippen LogP contribution in [0.5, 0.6) is 0 Å². The summed E-state index contributed by atoms with van der Waals surface area (Å²) >= 11 is 1.09. The highest BCUT2D eigenvalue weighted by atomic mass is 32.2. The van der Waals surface area contributed by atoms with Crippen LogP contribution in [0.1, 0.15) is 6.92 Å². The molecule has 1 amide bonds. The maximum atomic E-state index is 10.8. The summed E-state index contributed by atoms with van der Waals surface area (Å²) in [7, 11) is 0. The van der Waals surface area contributed by atoms with Crippen molar-refractivity contribution in [2.45, 2.75) is 17.1 Å². The molecule has 15 heavy (non-hydrogen) atoms. The number of nitrogens with two attached hydrogens (primary N) is 1. The predicted molar refractivity (Wildman–Crippen MR) is 57.6 cm³/mol. The molecule has 0 fully saturated rings. The molecule has 0 aromatic heterocycles. The third-order valence-electron chi connectivity index (χ3n) is 1.77. The minimum atomic E-state index is -0.488. The highest BCUT2D eigenvalue weighted by Crippen LogP contribution is 2.31. The van der Waals surface area contributed by atoms with Gasteiger partial charge in [-0.05, 0) is 13.0 Å². The maximum absolute atomic E-state index is 10.8. The van der Waals surface area contributed by atoms with E-state index in [1.54, 1.807) is 25.1 Å². The Labute approximate surface area is 90.8 Å². The molecule has 1 rings (SSSR count). The van der Waals surface area contributed by atoms with E-state index in [0.717, 1.165) is 11.8 Å². The van der Waals surface area contributed by atoms with Gasteiger partial charge in [0.05, 0.1) is 15.1 Å². The summed E-state index contributed by atoms with van der Waals surface area (Å²) in [6.07, 6.45) is 0. The van der Waals surface area contributed by atoms with Crippen LogP contribution < -0.4 is 5.73 Å². The SMILES string of the molecule is CC(Sc1ccccc1[N+](=O)[O-])C(N)=O. The van der Waals surface area contributed by atoms with Gasteiger partial charge in [-0.25, -0.2) is 0 Å². The fraction of sp³-hybridized carbons (Fsp3) is 0.222. The molecule has 6 heteroatoms. The molecule has 1 atom stereocenters. The number of amides is 1. The largest absolute Gasteiger partial charge is 0.369 e. The number of hydrogen-bond donors (Lipinski definition) is 1. The van der Waals surface area contributed by atoms with Crippen LogP contribution in [0.2, 0.25) is 0 Å². The first kappa shape index (κ1) is 11.5. The first-order chi connectivity index (χ1) is 7.02. The standard InChI is InChI=1S/C9H10N2O3S/c1-6(9(10)12)15-8-5-3-2-4-7(8)11(13)14/h2-6H,1H3,(H2,10,12). The second-order valence-electron chi connectivity index (χ2n) is 2.89. The van der Waals surface area contributed by atoms with E-state index < -0.39 is 16.1 Å². The van der Waals surface area contributed by atoms with Gasteiger partial charge in [-0.15, -0.1) is 11.8 Å². The maximum Gasteiger partial charge on any atom is 0.282 e. The molecule has 1 aromatic carbocycles. The summed E-state index contributed by atoms with van der Waals surface area (Å²) in [4.78, 5) is 21.4. The third-order valence-corrected chi connectivity index (χ3v) is 2.95. The molecule has 0 aliphatic carbocycles. The van der Waals surface area contributed by atoms with Gasteiger partial charge >= 0.3 is 0 Å². The first-order valence-electron chi connectivity index (χ1n) is 4.21. The van der Waals surface area contributed by atoms with E-state index in [9.17, 15) is 14.9 Å². The molecule has 0 saturated carbocycles. The number of nitro benzene ring substituents is 1. The summed E-state index contributed by atoms with van der Waals surface area (Å²) < 4.78 is 0. The average molecular weight is 226 g/mol. The first-order valence-corrected chi connectivity index (χ1v) is 5.09. The Morgan fingerprint density at radius 1 is 1.53 bits per heavy atom. The van der Waals surface area contributed by atoms with Gasteiger partial charge in [-0.3, -0.25) is 14.9 Å². The Hall–Kier alpha value is -1.56. The van der Waals surface area contributed by atoms with E-state index in [4.69, 9.17) is 5.73 Å². The van der Waals surface area contributed by atoms with Crippen molar-refractivity contribution in [1.29, 1.82) is 0 Å². The monoisotopic (exact) mass is 226 g/mol. The molecule has 1 aromatic rings. The number of benzene rings is 1. The second-order valence-corrected chi connectivity index (χ2v) is 4.27. The van der Waals surface area contributed by atoms with E-state index in [0.29, 0.717) is 4.90 Å². The van der Waals surface area contributed by atoms with Gasteiger partial charge in [0, 0.05) is 6.07 Å². The van der Waals surface area contributed by atoms with Crippen LogP contribution in [-0.4, -0.2) is 16.1 Å². The lowest BCUT2D eigenvalue weighted by atomic mass is 10.3. The van der Waals surface area contributed by atoms with Crippen LogP contribution in [0.3, 0.4) is 0 Å². The van der Waals surface area contributed by atoms with Gasteiger partial charge in [0.1, 0.15) is 0 Å². The van der Waals surface area contributed by atoms with Crippen molar-refractivity contribution in [3.63, 3.8) is 0 Å². The van der Waals surface area contributed by atoms with Gasteiger partial charge < -0.3 is 5.73 Å².